The van der Waals surface area contributed by atoms with Crippen LogP contribution >= 0.6 is 0 Å². The lowest BCUT2D eigenvalue weighted by molar-refractivity contribution is -0.139. The molecule has 3 aromatic carbocycles. The number of carbonyl (C=O) groups is 2. The second-order valence-corrected chi connectivity index (χ2v) is 8.33. The fourth-order valence-electron chi connectivity index (χ4n) is 4.46. The van der Waals surface area contributed by atoms with Crippen LogP contribution in [0.1, 0.15) is 39.6 Å². The van der Waals surface area contributed by atoms with E-state index in [2.05, 4.69) is 0 Å². The van der Waals surface area contributed by atoms with Crippen LogP contribution in [0.3, 0.4) is 0 Å². The summed E-state index contributed by atoms with van der Waals surface area (Å²) in [6.45, 7) is 0. The number of aliphatic imine (C=N–C) groups is 1. The van der Waals surface area contributed by atoms with Crippen molar-refractivity contribution >= 4 is 17.7 Å². The minimum Gasteiger partial charge on any atom is -0.461 e. The van der Waals surface area contributed by atoms with Gasteiger partial charge in [0.15, 0.2) is 17.1 Å². The van der Waals surface area contributed by atoms with Crippen LogP contribution in [0, 0.1) is 0 Å². The van der Waals surface area contributed by atoms with E-state index in [4.69, 9.17) is 14.1 Å². The van der Waals surface area contributed by atoms with Crippen molar-refractivity contribution in [2.75, 3.05) is 0 Å². The van der Waals surface area contributed by atoms with Crippen LogP contribution in [0.25, 0.3) is 0 Å². The third-order valence-electron chi connectivity index (χ3n) is 6.15. The molecule has 1 aromatic heterocycles. The number of cyclic esters (lactones) is 1. The summed E-state index contributed by atoms with van der Waals surface area (Å²) >= 11 is 0. The molecule has 0 saturated heterocycles. The van der Waals surface area contributed by atoms with Gasteiger partial charge in [-0.15, -0.1) is 0 Å². The van der Waals surface area contributed by atoms with Crippen LogP contribution in [-0.2, 0) is 16.0 Å². The number of carbonyl (C=O) groups excluding carboxylic acids is 2. The molecule has 1 aliphatic rings. The number of Topliss-reactive ketones (excluding diaryl/α,β-unsaturated/α-hetero) is 1. The van der Waals surface area contributed by atoms with Crippen LogP contribution in [-0.4, -0.2) is 23.2 Å². The number of ketones is 1. The van der Waals surface area contributed by atoms with Crippen LogP contribution < -0.4 is 0 Å². The number of ether oxygens (including phenoxy) is 1. The van der Waals surface area contributed by atoms with Crippen molar-refractivity contribution < 1.29 is 18.7 Å². The van der Waals surface area contributed by atoms with Crippen molar-refractivity contribution in [1.82, 2.24) is 0 Å². The smallest absolute Gasteiger partial charge is 0.341 e. The van der Waals surface area contributed by atoms with Crippen molar-refractivity contribution in [2.45, 2.75) is 24.3 Å². The summed E-state index contributed by atoms with van der Waals surface area (Å²) in [5.74, 6) is -0.679. The molecule has 1 aliphatic heterocycles. The van der Waals surface area contributed by atoms with E-state index in [0.717, 1.165) is 16.7 Å². The lowest BCUT2D eigenvalue weighted by atomic mass is 9.73. The molecule has 5 nitrogen and oxygen atoms in total. The van der Waals surface area contributed by atoms with Gasteiger partial charge in [-0.25, -0.2) is 9.79 Å². The fraction of sp³-hybridized carbons (Fsp3) is 0.138. The zero-order valence-electron chi connectivity index (χ0n) is 18.5. The lowest BCUT2D eigenvalue weighted by Gasteiger charge is -2.32. The number of furan rings is 1. The standard InChI is InChI=1S/C29H23NO4/c31-25(26-17-10-18-33-26)19-24(22-13-6-2-7-14-22)29(20-21-11-4-1-5-12-21)28(32)34-27(30-29)23-15-8-3-9-16-23/h1-18,24H,19-20H2/t24-,29-/m1/s1. The summed E-state index contributed by atoms with van der Waals surface area (Å²) in [7, 11) is 0. The fourth-order valence-corrected chi connectivity index (χ4v) is 4.46. The van der Waals surface area contributed by atoms with Crippen molar-refractivity contribution in [3.63, 3.8) is 0 Å². The van der Waals surface area contributed by atoms with Gasteiger partial charge < -0.3 is 9.15 Å². The molecule has 0 unspecified atom stereocenters. The highest BCUT2D eigenvalue weighted by atomic mass is 16.6. The molecule has 5 rings (SSSR count). The average molecular weight is 450 g/mol. The Balaban J connectivity index is 1.65. The topological polar surface area (TPSA) is 68.9 Å². The molecule has 0 fully saturated rings. The highest BCUT2D eigenvalue weighted by molar-refractivity contribution is 6.09. The largest absolute Gasteiger partial charge is 0.461 e. The molecule has 0 radical (unpaired) electrons. The highest BCUT2D eigenvalue weighted by Crippen LogP contribution is 2.42. The van der Waals surface area contributed by atoms with Crippen molar-refractivity contribution in [3.8, 4) is 0 Å². The molecule has 5 heteroatoms. The van der Waals surface area contributed by atoms with Gasteiger partial charge in [0, 0.05) is 24.3 Å². The van der Waals surface area contributed by atoms with E-state index >= 15 is 0 Å². The normalized spacial score (nSPS) is 18.2. The number of hydrogen-bond donors (Lipinski definition) is 0. The molecule has 2 heterocycles. The SMILES string of the molecule is O=C(C[C@H](c1ccccc1)[C@@]1(Cc2ccccc2)N=C(c2ccccc2)OC1=O)c1ccco1. The summed E-state index contributed by atoms with van der Waals surface area (Å²) in [6, 6.07) is 31.9. The summed E-state index contributed by atoms with van der Waals surface area (Å²) < 4.78 is 11.1. The molecular weight excluding hydrogens is 426 g/mol. The third kappa shape index (κ3) is 4.20. The van der Waals surface area contributed by atoms with Gasteiger partial charge in [-0.2, -0.15) is 0 Å². The molecule has 0 bridgehead atoms. The quantitative estimate of drug-likeness (QED) is 0.259. The maximum Gasteiger partial charge on any atom is 0.341 e. The van der Waals surface area contributed by atoms with E-state index in [0.29, 0.717) is 6.42 Å². The maximum atomic E-state index is 13.7. The number of esters is 1. The summed E-state index contributed by atoms with van der Waals surface area (Å²) in [5, 5.41) is 0. The molecule has 2 atom stereocenters. The first kappa shape index (κ1) is 21.6. The Bertz CT molecular complexity index is 1300. The molecule has 4 aromatic rings. The monoisotopic (exact) mass is 449 g/mol. The summed E-state index contributed by atoms with van der Waals surface area (Å²) in [6.07, 6.45) is 1.82. The van der Waals surface area contributed by atoms with Gasteiger partial charge in [0.05, 0.1) is 6.26 Å². The van der Waals surface area contributed by atoms with Gasteiger partial charge in [0.25, 0.3) is 0 Å². The number of nitrogens with zero attached hydrogens (tertiary/aromatic N) is 1. The Labute approximate surface area is 197 Å². The molecular formula is C29H23NO4. The van der Waals surface area contributed by atoms with E-state index in [-0.39, 0.29) is 23.9 Å². The van der Waals surface area contributed by atoms with Crippen molar-refractivity contribution in [1.29, 1.82) is 0 Å². The van der Waals surface area contributed by atoms with Gasteiger partial charge in [-0.3, -0.25) is 4.79 Å². The van der Waals surface area contributed by atoms with E-state index < -0.39 is 17.4 Å². The zero-order valence-corrected chi connectivity index (χ0v) is 18.5. The maximum absolute atomic E-state index is 13.7. The number of hydrogen-bond acceptors (Lipinski definition) is 5. The first-order valence-corrected chi connectivity index (χ1v) is 11.2. The van der Waals surface area contributed by atoms with E-state index in [9.17, 15) is 9.59 Å². The Hall–Kier alpha value is -4.25. The second kappa shape index (κ2) is 9.32. The average Bonchev–Trinajstić information content (AvgIpc) is 3.53. The van der Waals surface area contributed by atoms with Crippen molar-refractivity contribution in [3.05, 3.63) is 132 Å². The Kier molecular flexibility index (Phi) is 5.91. The molecule has 0 spiro atoms. The van der Waals surface area contributed by atoms with Crippen molar-refractivity contribution in [2.24, 2.45) is 4.99 Å². The molecule has 34 heavy (non-hydrogen) atoms. The molecule has 0 aliphatic carbocycles. The van der Waals surface area contributed by atoms with Gasteiger partial charge in [0.1, 0.15) is 0 Å². The zero-order chi connectivity index (χ0) is 23.4. The molecule has 0 saturated carbocycles. The lowest BCUT2D eigenvalue weighted by Crippen LogP contribution is -2.43. The van der Waals surface area contributed by atoms with Crippen LogP contribution in [0.15, 0.2) is 119 Å². The summed E-state index contributed by atoms with van der Waals surface area (Å²) in [5.41, 5.74) is 1.18. The predicted molar refractivity (Wildman–Crippen MR) is 129 cm³/mol. The Morgan fingerprint density at radius 3 is 2.12 bits per heavy atom. The van der Waals surface area contributed by atoms with Gasteiger partial charge in [-0.1, -0.05) is 78.9 Å². The Morgan fingerprint density at radius 2 is 1.47 bits per heavy atom. The predicted octanol–water partition coefficient (Wildman–Crippen LogP) is 5.62. The summed E-state index contributed by atoms with van der Waals surface area (Å²) in [4.78, 5) is 31.8. The first-order chi connectivity index (χ1) is 16.7. The van der Waals surface area contributed by atoms with E-state index in [1.807, 2.05) is 91.0 Å². The molecule has 168 valence electrons. The minimum atomic E-state index is -1.31. The van der Waals surface area contributed by atoms with Gasteiger partial charge in [0.2, 0.25) is 5.90 Å². The highest BCUT2D eigenvalue weighted by Gasteiger charge is 2.53. The van der Waals surface area contributed by atoms with Crippen LogP contribution in [0.5, 0.6) is 0 Å². The Morgan fingerprint density at radius 1 is 0.824 bits per heavy atom. The third-order valence-corrected chi connectivity index (χ3v) is 6.15. The number of benzene rings is 3. The molecule has 0 amide bonds. The second-order valence-electron chi connectivity index (χ2n) is 8.33. The van der Waals surface area contributed by atoms with Gasteiger partial charge >= 0.3 is 5.97 Å². The van der Waals surface area contributed by atoms with E-state index in [1.54, 1.807) is 12.1 Å². The van der Waals surface area contributed by atoms with E-state index in [1.165, 1.54) is 6.26 Å². The van der Waals surface area contributed by atoms with Crippen LogP contribution in [0.2, 0.25) is 0 Å². The first-order valence-electron chi connectivity index (χ1n) is 11.2. The minimum absolute atomic E-state index is 0.0467. The van der Waals surface area contributed by atoms with Crippen LogP contribution in [0.4, 0.5) is 0 Å². The van der Waals surface area contributed by atoms with Gasteiger partial charge in [-0.05, 0) is 35.4 Å². The molecule has 0 N–H and O–H groups in total. The number of rotatable bonds is 8.